The first-order valence-corrected chi connectivity index (χ1v) is 11.2. The Kier molecular flexibility index (Phi) is 4.93. The van der Waals surface area contributed by atoms with Gasteiger partial charge in [-0.3, -0.25) is 14.7 Å². The first-order valence-electron chi connectivity index (χ1n) is 11.2. The molecule has 2 aliphatic rings. The Labute approximate surface area is 175 Å². The number of H-pyrrole nitrogens is 1. The molecule has 3 aromatic rings. The van der Waals surface area contributed by atoms with Gasteiger partial charge >= 0.3 is 0 Å². The maximum absolute atomic E-state index is 13.0. The van der Waals surface area contributed by atoms with Crippen LogP contribution in [0.2, 0.25) is 0 Å². The molecule has 1 amide bonds. The molecule has 1 saturated heterocycles. The van der Waals surface area contributed by atoms with E-state index in [1.807, 2.05) is 4.90 Å². The molecule has 1 N–H and O–H groups in total. The highest BCUT2D eigenvalue weighted by Gasteiger charge is 2.33. The fourth-order valence-corrected chi connectivity index (χ4v) is 4.94. The van der Waals surface area contributed by atoms with Crippen molar-refractivity contribution >= 4 is 11.6 Å². The second-order valence-electron chi connectivity index (χ2n) is 8.63. The highest BCUT2D eigenvalue weighted by atomic mass is 16.2. The van der Waals surface area contributed by atoms with Crippen LogP contribution in [-0.4, -0.2) is 38.0 Å². The number of aromatic nitrogens is 3. The smallest absolute Gasteiger partial charge is 0.273 e. The molecule has 2 fully saturated rings. The first kappa shape index (κ1) is 19.1. The Morgan fingerprint density at radius 3 is 2.57 bits per heavy atom. The van der Waals surface area contributed by atoms with Gasteiger partial charge in [-0.1, -0.05) is 50.5 Å². The minimum Gasteiger partial charge on any atom is -0.335 e. The fraction of sp³-hybridized carbons (Fsp3) is 0.458. The Balaban J connectivity index is 1.48. The van der Waals surface area contributed by atoms with Crippen LogP contribution in [0.4, 0.5) is 0 Å². The third-order valence-electron chi connectivity index (χ3n) is 6.89. The molecule has 0 unspecified atom stereocenters. The van der Waals surface area contributed by atoms with Gasteiger partial charge in [-0.25, -0.2) is 9.50 Å². The Bertz CT molecular complexity index is 1120. The van der Waals surface area contributed by atoms with Gasteiger partial charge in [0.15, 0.2) is 5.65 Å². The minimum atomic E-state index is -0.207. The standard InChI is InChI=1S/C24H28N4O2/c1-2-19-12-13-27(19)24(30)20-15-25-28-22(29)14-21(26-23(20)28)18-10-8-17(9-11-18)16-6-4-3-5-7-16/h8-11,14-16,19,25H,2-7,12-13H2,1H3/t19-/m0/s1. The topological polar surface area (TPSA) is 70.5 Å². The third-order valence-corrected chi connectivity index (χ3v) is 6.89. The predicted octanol–water partition coefficient (Wildman–Crippen LogP) is 4.36. The summed E-state index contributed by atoms with van der Waals surface area (Å²) in [6, 6.07) is 10.3. The van der Waals surface area contributed by atoms with Crippen LogP contribution in [0.15, 0.2) is 41.3 Å². The third kappa shape index (κ3) is 3.24. The van der Waals surface area contributed by atoms with Gasteiger partial charge < -0.3 is 4.90 Å². The first-order chi connectivity index (χ1) is 14.7. The maximum atomic E-state index is 13.0. The maximum Gasteiger partial charge on any atom is 0.273 e. The summed E-state index contributed by atoms with van der Waals surface area (Å²) in [4.78, 5) is 32.2. The highest BCUT2D eigenvalue weighted by molar-refractivity contribution is 6.00. The molecule has 1 atom stereocenters. The van der Waals surface area contributed by atoms with Crippen molar-refractivity contribution in [1.29, 1.82) is 0 Å². The molecular formula is C24H28N4O2. The normalized spacial score (nSPS) is 19.8. The lowest BCUT2D eigenvalue weighted by atomic mass is 9.84. The van der Waals surface area contributed by atoms with Gasteiger partial charge in [-0.2, -0.15) is 0 Å². The minimum absolute atomic E-state index is 0.0523. The lowest BCUT2D eigenvalue weighted by Crippen LogP contribution is -2.50. The summed E-state index contributed by atoms with van der Waals surface area (Å²) in [5, 5.41) is 2.90. The van der Waals surface area contributed by atoms with E-state index in [-0.39, 0.29) is 17.5 Å². The van der Waals surface area contributed by atoms with Gasteiger partial charge in [0.25, 0.3) is 11.5 Å². The molecule has 0 spiro atoms. The van der Waals surface area contributed by atoms with E-state index >= 15 is 0 Å². The lowest BCUT2D eigenvalue weighted by molar-refractivity contribution is 0.0457. The van der Waals surface area contributed by atoms with Gasteiger partial charge in [-0.05, 0) is 37.2 Å². The zero-order valence-corrected chi connectivity index (χ0v) is 17.4. The van der Waals surface area contributed by atoms with Crippen molar-refractivity contribution in [2.45, 2.75) is 63.8 Å². The summed E-state index contributed by atoms with van der Waals surface area (Å²) in [6.45, 7) is 2.86. The summed E-state index contributed by atoms with van der Waals surface area (Å²) in [5.74, 6) is 0.592. The number of nitrogens with one attached hydrogen (secondary N) is 1. The summed E-state index contributed by atoms with van der Waals surface area (Å²) in [5.41, 5.74) is 3.55. The highest BCUT2D eigenvalue weighted by Crippen LogP contribution is 2.33. The van der Waals surface area contributed by atoms with Crippen LogP contribution in [0.5, 0.6) is 0 Å². The number of carbonyl (C=O) groups is 1. The molecule has 2 aromatic heterocycles. The summed E-state index contributed by atoms with van der Waals surface area (Å²) >= 11 is 0. The number of hydrogen-bond acceptors (Lipinski definition) is 3. The van der Waals surface area contributed by atoms with E-state index in [1.54, 1.807) is 6.20 Å². The summed E-state index contributed by atoms with van der Waals surface area (Å²) in [6.07, 6.45) is 10.1. The van der Waals surface area contributed by atoms with Crippen LogP contribution in [0.1, 0.15) is 73.7 Å². The Hall–Kier alpha value is -2.89. The molecule has 5 rings (SSSR count). The second-order valence-corrected chi connectivity index (χ2v) is 8.63. The number of hydrogen-bond donors (Lipinski definition) is 1. The molecular weight excluding hydrogens is 376 g/mol. The number of amides is 1. The number of likely N-dealkylation sites (tertiary alicyclic amines) is 1. The van der Waals surface area contributed by atoms with Crippen LogP contribution < -0.4 is 5.56 Å². The number of carbonyl (C=O) groups excluding carboxylic acids is 1. The number of rotatable bonds is 4. The van der Waals surface area contributed by atoms with E-state index in [0.717, 1.165) is 24.9 Å². The predicted molar refractivity (Wildman–Crippen MR) is 117 cm³/mol. The van der Waals surface area contributed by atoms with Gasteiger partial charge in [0.2, 0.25) is 0 Å². The van der Waals surface area contributed by atoms with Crippen LogP contribution in [0.25, 0.3) is 16.9 Å². The van der Waals surface area contributed by atoms with Crippen molar-refractivity contribution in [2.75, 3.05) is 6.54 Å². The number of fused-ring (bicyclic) bond motifs is 1. The quantitative estimate of drug-likeness (QED) is 0.702. The van der Waals surface area contributed by atoms with Crippen molar-refractivity contribution in [3.8, 4) is 11.3 Å². The van der Waals surface area contributed by atoms with Crippen molar-refractivity contribution in [1.82, 2.24) is 19.5 Å². The SMILES string of the molecule is CC[C@H]1CCN1C(=O)c1c[nH]n2c(=O)cc(-c3ccc(C4CCCCC4)cc3)nc12. The molecule has 0 bridgehead atoms. The van der Waals surface area contributed by atoms with Crippen LogP contribution in [-0.2, 0) is 0 Å². The Morgan fingerprint density at radius 1 is 1.13 bits per heavy atom. The zero-order chi connectivity index (χ0) is 20.7. The van der Waals surface area contributed by atoms with Crippen molar-refractivity contribution < 1.29 is 4.79 Å². The molecule has 3 heterocycles. The molecule has 0 radical (unpaired) electrons. The molecule has 6 heteroatoms. The van der Waals surface area contributed by atoms with E-state index in [2.05, 4.69) is 36.3 Å². The zero-order valence-electron chi connectivity index (χ0n) is 17.4. The van der Waals surface area contributed by atoms with E-state index in [0.29, 0.717) is 22.8 Å². The lowest BCUT2D eigenvalue weighted by Gasteiger charge is -2.40. The molecule has 1 aliphatic heterocycles. The van der Waals surface area contributed by atoms with E-state index < -0.39 is 0 Å². The van der Waals surface area contributed by atoms with Crippen molar-refractivity contribution in [3.63, 3.8) is 0 Å². The van der Waals surface area contributed by atoms with Crippen molar-refractivity contribution in [3.05, 3.63) is 58.0 Å². The largest absolute Gasteiger partial charge is 0.335 e. The van der Waals surface area contributed by atoms with Crippen LogP contribution in [0, 0.1) is 0 Å². The van der Waals surface area contributed by atoms with Gasteiger partial charge in [0.1, 0.15) is 5.56 Å². The van der Waals surface area contributed by atoms with Crippen LogP contribution >= 0.6 is 0 Å². The second kappa shape index (κ2) is 7.74. The molecule has 1 saturated carbocycles. The van der Waals surface area contributed by atoms with Gasteiger partial charge in [-0.15, -0.1) is 0 Å². The molecule has 1 aromatic carbocycles. The monoisotopic (exact) mass is 404 g/mol. The Morgan fingerprint density at radius 2 is 1.90 bits per heavy atom. The summed E-state index contributed by atoms with van der Waals surface area (Å²) < 4.78 is 1.36. The molecule has 30 heavy (non-hydrogen) atoms. The number of benzene rings is 1. The molecule has 1 aliphatic carbocycles. The van der Waals surface area contributed by atoms with Gasteiger partial charge in [0.05, 0.1) is 5.69 Å². The average molecular weight is 405 g/mol. The number of nitrogens with zero attached hydrogens (tertiary/aromatic N) is 3. The van der Waals surface area contributed by atoms with Crippen molar-refractivity contribution in [2.24, 2.45) is 0 Å². The molecule has 156 valence electrons. The number of aromatic amines is 1. The molecule has 6 nitrogen and oxygen atoms in total. The summed E-state index contributed by atoms with van der Waals surface area (Å²) in [7, 11) is 0. The van der Waals surface area contributed by atoms with Crippen LogP contribution in [0.3, 0.4) is 0 Å². The fourth-order valence-electron chi connectivity index (χ4n) is 4.94. The van der Waals surface area contributed by atoms with E-state index in [1.165, 1.54) is 48.2 Å². The van der Waals surface area contributed by atoms with E-state index in [9.17, 15) is 9.59 Å². The van der Waals surface area contributed by atoms with Gasteiger partial charge in [0, 0.05) is 30.4 Å². The average Bonchev–Trinajstić information content (AvgIpc) is 3.19. The van der Waals surface area contributed by atoms with E-state index in [4.69, 9.17) is 4.98 Å².